The second kappa shape index (κ2) is 13.1. The number of aliphatic imine (C=N–C) groups is 1. The highest BCUT2D eigenvalue weighted by atomic mass is 127. The molecule has 1 aromatic rings. The van der Waals surface area contributed by atoms with Gasteiger partial charge in [-0.2, -0.15) is 0 Å². The molecule has 2 rings (SSSR count). The lowest BCUT2D eigenvalue weighted by atomic mass is 9.96. The number of piperidine rings is 1. The van der Waals surface area contributed by atoms with Crippen molar-refractivity contribution in [2.75, 3.05) is 40.4 Å². The van der Waals surface area contributed by atoms with Crippen molar-refractivity contribution >= 4 is 29.9 Å². The maximum atomic E-state index is 6.05. The summed E-state index contributed by atoms with van der Waals surface area (Å²) in [6.45, 7) is 9.63. The van der Waals surface area contributed by atoms with Gasteiger partial charge in [-0.3, -0.25) is 0 Å². The van der Waals surface area contributed by atoms with Gasteiger partial charge in [0, 0.05) is 6.54 Å². The van der Waals surface area contributed by atoms with Crippen LogP contribution in [0.1, 0.15) is 38.7 Å². The molecule has 0 bridgehead atoms. The van der Waals surface area contributed by atoms with Crippen LogP contribution in [0.2, 0.25) is 0 Å². The quantitative estimate of drug-likeness (QED) is 0.306. The van der Waals surface area contributed by atoms with E-state index in [4.69, 9.17) is 15.2 Å². The Morgan fingerprint density at radius 3 is 2.50 bits per heavy atom. The number of benzene rings is 1. The largest absolute Gasteiger partial charge is 0.493 e. The molecule has 6 nitrogen and oxygen atoms in total. The van der Waals surface area contributed by atoms with Crippen LogP contribution in [0.3, 0.4) is 0 Å². The highest BCUT2D eigenvalue weighted by Gasteiger charge is 2.19. The van der Waals surface area contributed by atoms with Crippen molar-refractivity contribution in [3.05, 3.63) is 23.8 Å². The highest BCUT2D eigenvalue weighted by molar-refractivity contribution is 14.0. The number of likely N-dealkylation sites (tertiary alicyclic amines) is 1. The van der Waals surface area contributed by atoms with E-state index in [1.165, 1.54) is 38.9 Å². The molecule has 1 heterocycles. The fourth-order valence-electron chi connectivity index (χ4n) is 3.32. The zero-order chi connectivity index (χ0) is 19.6. The van der Waals surface area contributed by atoms with Gasteiger partial charge in [-0.05, 0) is 68.4 Å². The second-order valence-corrected chi connectivity index (χ2v) is 7.74. The first-order valence-electron chi connectivity index (χ1n) is 9.98. The predicted octanol–water partition coefficient (Wildman–Crippen LogP) is 3.48. The summed E-state index contributed by atoms with van der Waals surface area (Å²) < 4.78 is 10.6. The van der Waals surface area contributed by atoms with E-state index in [0.717, 1.165) is 23.8 Å². The lowest BCUT2D eigenvalue weighted by Crippen LogP contribution is -2.41. The van der Waals surface area contributed by atoms with E-state index in [0.29, 0.717) is 24.2 Å². The topological polar surface area (TPSA) is 72.1 Å². The molecule has 160 valence electrons. The lowest BCUT2D eigenvalue weighted by Gasteiger charge is -2.32. The zero-order valence-corrected chi connectivity index (χ0v) is 20.1. The number of guanidine groups is 1. The zero-order valence-electron chi connectivity index (χ0n) is 17.7. The molecule has 0 saturated carbocycles. The number of nitrogens with one attached hydrogen (secondary N) is 1. The van der Waals surface area contributed by atoms with Crippen molar-refractivity contribution in [1.29, 1.82) is 0 Å². The van der Waals surface area contributed by atoms with Crippen LogP contribution in [0.5, 0.6) is 11.5 Å². The number of nitrogens with zero attached hydrogens (tertiary/aromatic N) is 2. The van der Waals surface area contributed by atoms with Crippen molar-refractivity contribution in [1.82, 2.24) is 10.2 Å². The molecule has 1 aromatic carbocycles. The first kappa shape index (κ1) is 24.8. The van der Waals surface area contributed by atoms with Crippen LogP contribution < -0.4 is 20.5 Å². The first-order valence-corrected chi connectivity index (χ1v) is 9.98. The SMILES string of the molecule is COc1ccc(CN=C(N)NCC2CCN(CCC(C)C)CC2)cc1OC.I. The van der Waals surface area contributed by atoms with Gasteiger partial charge in [0.25, 0.3) is 0 Å². The Hall–Kier alpha value is -1.22. The molecule has 1 aliphatic heterocycles. The van der Waals surface area contributed by atoms with Crippen molar-refractivity contribution < 1.29 is 9.47 Å². The van der Waals surface area contributed by atoms with E-state index in [9.17, 15) is 0 Å². The standard InChI is InChI=1S/C21H36N4O2.HI/c1-16(2)7-10-25-11-8-17(9-12-25)14-23-21(22)24-15-18-5-6-19(26-3)20(13-18)27-4;/h5-6,13,16-17H,7-12,14-15H2,1-4H3,(H3,22,23,24);1H. The smallest absolute Gasteiger partial charge is 0.188 e. The van der Waals surface area contributed by atoms with E-state index >= 15 is 0 Å². The van der Waals surface area contributed by atoms with Crippen molar-refractivity contribution in [3.63, 3.8) is 0 Å². The molecule has 0 atom stereocenters. The third-order valence-corrected chi connectivity index (χ3v) is 5.18. The molecule has 0 amide bonds. The fourth-order valence-corrected chi connectivity index (χ4v) is 3.32. The number of hydrogen-bond acceptors (Lipinski definition) is 4. The minimum Gasteiger partial charge on any atom is -0.493 e. The fraction of sp³-hybridized carbons (Fsp3) is 0.667. The van der Waals surface area contributed by atoms with Crippen LogP contribution in [-0.4, -0.2) is 51.3 Å². The Kier molecular flexibility index (Phi) is 11.6. The molecule has 0 aromatic heterocycles. The summed E-state index contributed by atoms with van der Waals surface area (Å²) >= 11 is 0. The van der Waals surface area contributed by atoms with Gasteiger partial charge in [0.1, 0.15) is 0 Å². The molecular weight excluding hydrogens is 467 g/mol. The Labute approximate surface area is 187 Å². The molecule has 1 aliphatic rings. The van der Waals surface area contributed by atoms with E-state index < -0.39 is 0 Å². The average molecular weight is 504 g/mol. The predicted molar refractivity (Wildman–Crippen MR) is 127 cm³/mol. The van der Waals surface area contributed by atoms with Gasteiger partial charge in [0.15, 0.2) is 17.5 Å². The summed E-state index contributed by atoms with van der Waals surface area (Å²) in [5.41, 5.74) is 7.08. The maximum Gasteiger partial charge on any atom is 0.188 e. The first-order chi connectivity index (χ1) is 13.0. The van der Waals surface area contributed by atoms with Crippen LogP contribution in [0.15, 0.2) is 23.2 Å². The molecule has 1 saturated heterocycles. The number of rotatable bonds is 9. The van der Waals surface area contributed by atoms with Crippen LogP contribution in [0, 0.1) is 11.8 Å². The van der Waals surface area contributed by atoms with E-state index in [1.807, 2.05) is 18.2 Å². The van der Waals surface area contributed by atoms with Gasteiger partial charge in [0.2, 0.25) is 0 Å². The number of halogens is 1. The van der Waals surface area contributed by atoms with Crippen LogP contribution in [-0.2, 0) is 6.54 Å². The van der Waals surface area contributed by atoms with Gasteiger partial charge >= 0.3 is 0 Å². The minimum absolute atomic E-state index is 0. The molecule has 28 heavy (non-hydrogen) atoms. The summed E-state index contributed by atoms with van der Waals surface area (Å²) in [6, 6.07) is 5.80. The number of ether oxygens (including phenoxy) is 2. The summed E-state index contributed by atoms with van der Waals surface area (Å²) in [7, 11) is 3.27. The maximum absolute atomic E-state index is 6.05. The summed E-state index contributed by atoms with van der Waals surface area (Å²) in [6.07, 6.45) is 3.75. The molecule has 7 heteroatoms. The van der Waals surface area contributed by atoms with Gasteiger partial charge in [-0.1, -0.05) is 19.9 Å². The van der Waals surface area contributed by atoms with Crippen LogP contribution >= 0.6 is 24.0 Å². The minimum atomic E-state index is 0. The molecule has 0 unspecified atom stereocenters. The monoisotopic (exact) mass is 504 g/mol. The van der Waals surface area contributed by atoms with Crippen molar-refractivity contribution in [2.45, 2.75) is 39.7 Å². The molecule has 0 radical (unpaired) electrons. The third kappa shape index (κ3) is 8.43. The normalized spacial score (nSPS) is 16.0. The van der Waals surface area contributed by atoms with Crippen LogP contribution in [0.25, 0.3) is 0 Å². The van der Waals surface area contributed by atoms with Crippen molar-refractivity contribution in [3.8, 4) is 11.5 Å². The summed E-state index contributed by atoms with van der Waals surface area (Å²) in [5.74, 6) is 3.39. The summed E-state index contributed by atoms with van der Waals surface area (Å²) in [4.78, 5) is 7.04. The van der Waals surface area contributed by atoms with Gasteiger partial charge in [-0.25, -0.2) is 4.99 Å². The number of methoxy groups -OCH3 is 2. The average Bonchev–Trinajstić information content (AvgIpc) is 2.69. The second-order valence-electron chi connectivity index (χ2n) is 7.74. The van der Waals surface area contributed by atoms with Gasteiger partial charge in [0.05, 0.1) is 20.8 Å². The molecule has 0 aliphatic carbocycles. The summed E-state index contributed by atoms with van der Waals surface area (Å²) in [5, 5.41) is 3.29. The highest BCUT2D eigenvalue weighted by Crippen LogP contribution is 2.27. The molecule has 3 N–H and O–H groups in total. The lowest BCUT2D eigenvalue weighted by molar-refractivity contribution is 0.177. The van der Waals surface area contributed by atoms with Gasteiger partial charge in [-0.15, -0.1) is 24.0 Å². The Morgan fingerprint density at radius 1 is 1.21 bits per heavy atom. The number of nitrogens with two attached hydrogens (primary N) is 1. The van der Waals surface area contributed by atoms with E-state index in [2.05, 4.69) is 29.1 Å². The Bertz CT molecular complexity index is 602. The Balaban J connectivity index is 0.00000392. The number of hydrogen-bond donors (Lipinski definition) is 2. The van der Waals surface area contributed by atoms with E-state index in [1.54, 1.807) is 14.2 Å². The Morgan fingerprint density at radius 2 is 1.89 bits per heavy atom. The molecular formula is C21H37IN4O2. The molecule has 1 fully saturated rings. The molecule has 0 spiro atoms. The van der Waals surface area contributed by atoms with Crippen molar-refractivity contribution in [2.24, 2.45) is 22.6 Å². The third-order valence-electron chi connectivity index (χ3n) is 5.18. The van der Waals surface area contributed by atoms with Crippen LogP contribution in [0.4, 0.5) is 0 Å². The van der Waals surface area contributed by atoms with E-state index in [-0.39, 0.29) is 24.0 Å². The van der Waals surface area contributed by atoms with Gasteiger partial charge < -0.3 is 25.4 Å².